The molecule has 0 saturated carbocycles. The second-order valence-corrected chi connectivity index (χ2v) is 5.93. The highest BCUT2D eigenvalue weighted by atomic mass is 32.1. The van der Waals surface area contributed by atoms with Crippen molar-refractivity contribution in [3.05, 3.63) is 54.1 Å². The number of carbonyl (C=O) groups is 2. The normalized spacial score (nSPS) is 10.9. The molecule has 0 unspecified atom stereocenters. The first-order valence-corrected chi connectivity index (χ1v) is 8.98. The molecule has 8 heteroatoms. The van der Waals surface area contributed by atoms with Crippen molar-refractivity contribution >= 4 is 46.4 Å². The van der Waals surface area contributed by atoms with Gasteiger partial charge in [-0.2, -0.15) is 8.75 Å². The van der Waals surface area contributed by atoms with Crippen LogP contribution in [0.2, 0.25) is 0 Å². The summed E-state index contributed by atoms with van der Waals surface area (Å²) in [6.07, 6.45) is 2.85. The second kappa shape index (κ2) is 8.91. The van der Waals surface area contributed by atoms with E-state index in [4.69, 9.17) is 9.47 Å². The van der Waals surface area contributed by atoms with Crippen LogP contribution in [0, 0.1) is 0 Å². The Labute approximate surface area is 159 Å². The fraction of sp³-hybridized carbons (Fsp3) is 0.158. The smallest absolute Gasteiger partial charge is 0.331 e. The molecule has 138 valence electrons. The number of hydrogen-bond donors (Lipinski definition) is 1. The SMILES string of the molecule is CCOc1ccccc1/C=C/C(=O)OCC(=O)Nc1cccc2nsnc12. The highest BCUT2D eigenvalue weighted by molar-refractivity contribution is 7.00. The fourth-order valence-electron chi connectivity index (χ4n) is 2.34. The summed E-state index contributed by atoms with van der Waals surface area (Å²) in [6, 6.07) is 12.6. The summed E-state index contributed by atoms with van der Waals surface area (Å²) >= 11 is 1.07. The van der Waals surface area contributed by atoms with Crippen LogP contribution in [-0.2, 0) is 14.3 Å². The summed E-state index contributed by atoms with van der Waals surface area (Å²) in [5, 5.41) is 2.67. The van der Waals surface area contributed by atoms with Crippen LogP contribution in [0.3, 0.4) is 0 Å². The van der Waals surface area contributed by atoms with Gasteiger partial charge >= 0.3 is 5.97 Å². The van der Waals surface area contributed by atoms with Crippen molar-refractivity contribution in [2.45, 2.75) is 6.92 Å². The first kappa shape index (κ1) is 18.5. The number of para-hydroxylation sites is 1. The monoisotopic (exact) mass is 383 g/mol. The number of nitrogens with one attached hydrogen (secondary N) is 1. The average molecular weight is 383 g/mol. The van der Waals surface area contributed by atoms with Crippen LogP contribution < -0.4 is 10.1 Å². The fourth-order valence-corrected chi connectivity index (χ4v) is 2.89. The molecule has 0 spiro atoms. The van der Waals surface area contributed by atoms with Crippen LogP contribution in [0.1, 0.15) is 12.5 Å². The Balaban J connectivity index is 1.54. The molecule has 0 aliphatic carbocycles. The number of hydrogen-bond acceptors (Lipinski definition) is 7. The predicted octanol–water partition coefficient (Wildman–Crippen LogP) is 3.29. The van der Waals surface area contributed by atoms with Crippen molar-refractivity contribution < 1.29 is 19.1 Å². The summed E-state index contributed by atoms with van der Waals surface area (Å²) in [5.74, 6) is -0.399. The number of esters is 1. The minimum atomic E-state index is -0.620. The molecule has 0 fully saturated rings. The van der Waals surface area contributed by atoms with E-state index >= 15 is 0 Å². The molecule has 3 rings (SSSR count). The first-order chi connectivity index (χ1) is 13.2. The van der Waals surface area contributed by atoms with E-state index in [-0.39, 0.29) is 0 Å². The van der Waals surface area contributed by atoms with E-state index < -0.39 is 18.5 Å². The zero-order chi connectivity index (χ0) is 19.1. The molecular formula is C19H17N3O4S. The first-order valence-electron chi connectivity index (χ1n) is 8.25. The topological polar surface area (TPSA) is 90.4 Å². The van der Waals surface area contributed by atoms with Gasteiger partial charge in [-0.25, -0.2) is 4.79 Å². The number of carbonyl (C=O) groups excluding carboxylic acids is 2. The molecular weight excluding hydrogens is 366 g/mol. The van der Waals surface area contributed by atoms with Gasteiger partial charge in [-0.15, -0.1) is 0 Å². The highest BCUT2D eigenvalue weighted by Crippen LogP contribution is 2.21. The highest BCUT2D eigenvalue weighted by Gasteiger charge is 2.10. The Kier molecular flexibility index (Phi) is 6.11. The van der Waals surface area contributed by atoms with E-state index in [1.165, 1.54) is 6.08 Å². The zero-order valence-electron chi connectivity index (χ0n) is 14.5. The van der Waals surface area contributed by atoms with Crippen LogP contribution in [0.15, 0.2) is 48.5 Å². The quantitative estimate of drug-likeness (QED) is 0.497. The summed E-state index contributed by atoms with van der Waals surface area (Å²) < 4.78 is 18.7. The Bertz CT molecular complexity index is 984. The molecule has 0 atom stereocenters. The van der Waals surface area contributed by atoms with Crippen LogP contribution in [-0.4, -0.2) is 33.8 Å². The number of nitrogens with zero attached hydrogens (tertiary/aromatic N) is 2. The van der Waals surface area contributed by atoms with Crippen molar-refractivity contribution in [2.24, 2.45) is 0 Å². The average Bonchev–Trinajstić information content (AvgIpc) is 3.16. The summed E-state index contributed by atoms with van der Waals surface area (Å²) in [7, 11) is 0. The van der Waals surface area contributed by atoms with Gasteiger partial charge in [0.2, 0.25) is 0 Å². The van der Waals surface area contributed by atoms with E-state index in [1.54, 1.807) is 24.3 Å². The van der Waals surface area contributed by atoms with Gasteiger partial charge in [0.05, 0.1) is 24.0 Å². The molecule has 0 saturated heterocycles. The maximum absolute atomic E-state index is 12.0. The van der Waals surface area contributed by atoms with Crippen LogP contribution in [0.5, 0.6) is 5.75 Å². The molecule has 27 heavy (non-hydrogen) atoms. The Morgan fingerprint density at radius 3 is 2.85 bits per heavy atom. The Morgan fingerprint density at radius 2 is 2.00 bits per heavy atom. The van der Waals surface area contributed by atoms with Crippen molar-refractivity contribution in [1.29, 1.82) is 0 Å². The molecule has 2 aromatic carbocycles. The van der Waals surface area contributed by atoms with Gasteiger partial charge in [0.1, 0.15) is 16.8 Å². The van der Waals surface area contributed by atoms with Gasteiger partial charge in [0, 0.05) is 11.6 Å². The number of ether oxygens (including phenoxy) is 2. The molecule has 1 amide bonds. The lowest BCUT2D eigenvalue weighted by Crippen LogP contribution is -2.20. The maximum Gasteiger partial charge on any atom is 0.331 e. The standard InChI is InChI=1S/C19H17N3O4S/c1-2-25-16-9-4-3-6-13(16)10-11-18(24)26-12-17(23)20-14-7-5-8-15-19(14)22-27-21-15/h3-11H,2,12H2,1H3,(H,20,23)/b11-10+. The maximum atomic E-state index is 12.0. The van der Waals surface area contributed by atoms with Gasteiger partial charge in [0.15, 0.2) is 6.61 Å². The van der Waals surface area contributed by atoms with Gasteiger partial charge in [-0.3, -0.25) is 4.79 Å². The largest absolute Gasteiger partial charge is 0.493 e. The third-order valence-electron chi connectivity index (χ3n) is 3.52. The van der Waals surface area contributed by atoms with Gasteiger partial charge in [0.25, 0.3) is 5.91 Å². The summed E-state index contributed by atoms with van der Waals surface area (Å²) in [4.78, 5) is 23.9. The van der Waals surface area contributed by atoms with Crippen molar-refractivity contribution in [3.8, 4) is 5.75 Å². The molecule has 3 aromatic rings. The summed E-state index contributed by atoms with van der Waals surface area (Å²) in [5.41, 5.74) is 2.59. The van der Waals surface area contributed by atoms with Crippen LogP contribution >= 0.6 is 11.7 Å². The van der Waals surface area contributed by atoms with E-state index in [1.807, 2.05) is 31.2 Å². The third-order valence-corrected chi connectivity index (χ3v) is 4.07. The van der Waals surface area contributed by atoms with Gasteiger partial charge < -0.3 is 14.8 Å². The van der Waals surface area contributed by atoms with Crippen LogP contribution in [0.25, 0.3) is 17.1 Å². The van der Waals surface area contributed by atoms with Crippen molar-refractivity contribution in [3.63, 3.8) is 0 Å². The van der Waals surface area contributed by atoms with E-state index in [0.29, 0.717) is 29.1 Å². The number of anilines is 1. The molecule has 7 nitrogen and oxygen atoms in total. The molecule has 1 heterocycles. The van der Waals surface area contributed by atoms with E-state index in [9.17, 15) is 9.59 Å². The predicted molar refractivity (Wildman–Crippen MR) is 104 cm³/mol. The summed E-state index contributed by atoms with van der Waals surface area (Å²) in [6.45, 7) is 2.01. The van der Waals surface area contributed by atoms with Gasteiger partial charge in [-0.05, 0) is 31.2 Å². The molecule has 0 bridgehead atoms. The van der Waals surface area contributed by atoms with Crippen molar-refractivity contribution in [2.75, 3.05) is 18.5 Å². The molecule has 0 radical (unpaired) electrons. The molecule has 1 aromatic heterocycles. The number of aromatic nitrogens is 2. The molecule has 0 aliphatic rings. The number of rotatable bonds is 7. The molecule has 0 aliphatic heterocycles. The Morgan fingerprint density at radius 1 is 1.15 bits per heavy atom. The van der Waals surface area contributed by atoms with E-state index in [2.05, 4.69) is 14.1 Å². The minimum Gasteiger partial charge on any atom is -0.493 e. The molecule has 1 N–H and O–H groups in total. The lowest BCUT2D eigenvalue weighted by molar-refractivity contribution is -0.142. The lowest BCUT2D eigenvalue weighted by Gasteiger charge is -2.07. The van der Waals surface area contributed by atoms with Crippen LogP contribution in [0.4, 0.5) is 5.69 Å². The second-order valence-electron chi connectivity index (χ2n) is 5.40. The minimum absolute atomic E-state index is 0.399. The number of fused-ring (bicyclic) bond motifs is 1. The third kappa shape index (κ3) is 4.89. The number of amides is 1. The number of benzene rings is 2. The van der Waals surface area contributed by atoms with E-state index in [0.717, 1.165) is 17.3 Å². The zero-order valence-corrected chi connectivity index (χ0v) is 15.4. The van der Waals surface area contributed by atoms with Crippen molar-refractivity contribution in [1.82, 2.24) is 8.75 Å². The lowest BCUT2D eigenvalue weighted by atomic mass is 10.2. The Hall–Kier alpha value is -3.26. The van der Waals surface area contributed by atoms with Gasteiger partial charge in [-0.1, -0.05) is 24.3 Å².